The predicted molar refractivity (Wildman–Crippen MR) is 141 cm³/mol. The fourth-order valence-electron chi connectivity index (χ4n) is 3.78. The number of amides is 1. The van der Waals surface area contributed by atoms with Crippen LogP contribution in [0.2, 0.25) is 10.0 Å². The van der Waals surface area contributed by atoms with Crippen molar-refractivity contribution in [2.45, 2.75) is 33.3 Å². The molecule has 2 aromatic carbocycles. The maximum atomic E-state index is 12.7. The molecule has 0 unspecified atom stereocenters. The highest BCUT2D eigenvalue weighted by Crippen LogP contribution is 2.38. The van der Waals surface area contributed by atoms with Gasteiger partial charge in [-0.15, -0.1) is 0 Å². The first-order valence-corrected chi connectivity index (χ1v) is 12.1. The Morgan fingerprint density at radius 3 is 2.46 bits per heavy atom. The number of anilines is 1. The molecule has 4 aromatic rings. The Morgan fingerprint density at radius 2 is 1.81 bits per heavy atom. The van der Waals surface area contributed by atoms with Crippen LogP contribution in [0.3, 0.4) is 0 Å². The minimum atomic E-state index is -1.08. The molecule has 2 aromatic heterocycles. The summed E-state index contributed by atoms with van der Waals surface area (Å²) in [6, 6.07) is 12.9. The largest absolute Gasteiger partial charge is 0.487 e. The second-order valence-electron chi connectivity index (χ2n) is 8.59. The van der Waals surface area contributed by atoms with Gasteiger partial charge in [0.1, 0.15) is 29.5 Å². The van der Waals surface area contributed by atoms with Crippen LogP contribution in [0.5, 0.6) is 5.75 Å². The molecule has 8 nitrogen and oxygen atoms in total. The molecular formula is C27H23Cl2N3O5. The van der Waals surface area contributed by atoms with Crippen LogP contribution < -0.4 is 10.1 Å². The quantitative estimate of drug-likeness (QED) is 0.247. The first kappa shape index (κ1) is 26.2. The second kappa shape index (κ2) is 11.0. The zero-order chi connectivity index (χ0) is 26.7. The summed E-state index contributed by atoms with van der Waals surface area (Å²) in [4.78, 5) is 28.2. The maximum Gasteiger partial charge on any atom is 0.335 e. The lowest BCUT2D eigenvalue weighted by Crippen LogP contribution is -2.15. The average molecular weight is 540 g/mol. The van der Waals surface area contributed by atoms with E-state index in [0.717, 1.165) is 0 Å². The van der Waals surface area contributed by atoms with Gasteiger partial charge in [-0.05, 0) is 48.9 Å². The van der Waals surface area contributed by atoms with E-state index in [1.807, 2.05) is 13.8 Å². The molecule has 2 heterocycles. The molecule has 10 heteroatoms. The lowest BCUT2D eigenvalue weighted by molar-refractivity contribution is 0.0696. The molecule has 1 amide bonds. The predicted octanol–water partition coefficient (Wildman–Crippen LogP) is 7.00. The minimum Gasteiger partial charge on any atom is -0.487 e. The number of pyridine rings is 1. The topological polar surface area (TPSA) is 115 Å². The van der Waals surface area contributed by atoms with Crippen LogP contribution in [0.4, 0.5) is 5.69 Å². The third-order valence-electron chi connectivity index (χ3n) is 5.56. The van der Waals surface area contributed by atoms with E-state index in [9.17, 15) is 9.59 Å². The molecule has 0 fully saturated rings. The molecule has 4 rings (SSSR count). The summed E-state index contributed by atoms with van der Waals surface area (Å²) in [7, 11) is 0. The van der Waals surface area contributed by atoms with E-state index < -0.39 is 11.9 Å². The summed E-state index contributed by atoms with van der Waals surface area (Å²) in [5.74, 6) is -0.431. The normalized spacial score (nSPS) is 11.0. The van der Waals surface area contributed by atoms with Gasteiger partial charge in [-0.3, -0.25) is 4.79 Å². The van der Waals surface area contributed by atoms with Crippen LogP contribution in [0.15, 0.2) is 59.3 Å². The number of carboxylic acids is 1. The van der Waals surface area contributed by atoms with Crippen LogP contribution in [-0.2, 0) is 6.61 Å². The third-order valence-corrected chi connectivity index (χ3v) is 6.19. The van der Waals surface area contributed by atoms with Gasteiger partial charge in [0.2, 0.25) is 0 Å². The van der Waals surface area contributed by atoms with Gasteiger partial charge in [-0.25, -0.2) is 9.78 Å². The highest BCUT2D eigenvalue weighted by molar-refractivity contribution is 6.39. The van der Waals surface area contributed by atoms with Crippen molar-refractivity contribution in [3.05, 3.63) is 92.9 Å². The van der Waals surface area contributed by atoms with E-state index in [-0.39, 0.29) is 23.8 Å². The Hall–Kier alpha value is -3.88. The van der Waals surface area contributed by atoms with Crippen molar-refractivity contribution < 1.29 is 24.0 Å². The van der Waals surface area contributed by atoms with Gasteiger partial charge in [-0.2, -0.15) is 0 Å². The number of benzene rings is 2. The number of nitrogens with zero attached hydrogens (tertiary/aromatic N) is 2. The SMILES string of the molecule is Cc1cc(OCc2c(-c3c(Cl)cccc3Cl)noc2C(C)C)cnc1C(=O)Nc1cccc(C(=O)O)c1. The number of aryl methyl sites for hydroxylation is 1. The highest BCUT2D eigenvalue weighted by Gasteiger charge is 2.24. The first-order valence-electron chi connectivity index (χ1n) is 11.3. The van der Waals surface area contributed by atoms with Gasteiger partial charge in [0, 0.05) is 17.2 Å². The molecule has 2 N–H and O–H groups in total. The van der Waals surface area contributed by atoms with Gasteiger partial charge >= 0.3 is 5.97 Å². The number of nitrogens with one attached hydrogen (secondary N) is 1. The number of carbonyl (C=O) groups is 2. The number of rotatable bonds is 8. The van der Waals surface area contributed by atoms with E-state index in [1.165, 1.54) is 18.3 Å². The van der Waals surface area contributed by atoms with Gasteiger partial charge in [-0.1, -0.05) is 54.3 Å². The van der Waals surface area contributed by atoms with Gasteiger partial charge < -0.3 is 19.7 Å². The van der Waals surface area contributed by atoms with Gasteiger partial charge in [0.15, 0.2) is 0 Å². The van der Waals surface area contributed by atoms with E-state index in [2.05, 4.69) is 15.5 Å². The van der Waals surface area contributed by atoms with E-state index >= 15 is 0 Å². The lowest BCUT2D eigenvalue weighted by atomic mass is 10.0. The summed E-state index contributed by atoms with van der Waals surface area (Å²) < 4.78 is 11.6. The number of aromatic carboxylic acids is 1. The zero-order valence-electron chi connectivity index (χ0n) is 20.2. The number of halogens is 2. The molecule has 0 aliphatic heterocycles. The van der Waals surface area contributed by atoms with Crippen molar-refractivity contribution in [1.82, 2.24) is 10.1 Å². The van der Waals surface area contributed by atoms with Crippen molar-refractivity contribution in [2.75, 3.05) is 5.32 Å². The van der Waals surface area contributed by atoms with Crippen molar-refractivity contribution in [3.63, 3.8) is 0 Å². The molecule has 0 atom stereocenters. The second-order valence-corrected chi connectivity index (χ2v) is 9.41. The third kappa shape index (κ3) is 5.76. The molecule has 0 aliphatic carbocycles. The minimum absolute atomic E-state index is 0.0340. The van der Waals surface area contributed by atoms with Crippen molar-refractivity contribution in [2.24, 2.45) is 0 Å². The summed E-state index contributed by atoms with van der Waals surface area (Å²) in [5, 5.41) is 16.9. The van der Waals surface area contributed by atoms with Crippen LogP contribution >= 0.6 is 23.2 Å². The number of carboxylic acid groups (broad SMARTS) is 1. The number of ether oxygens (including phenoxy) is 1. The van der Waals surface area contributed by atoms with Crippen molar-refractivity contribution in [1.29, 1.82) is 0 Å². The molecule has 0 spiro atoms. The standard InChI is InChI=1S/C27H23Cl2N3O5/c1-14(2)25-19(24(32-37-25)22-20(28)8-5-9-21(22)29)13-36-18-10-15(3)23(30-12-18)26(33)31-17-7-4-6-16(11-17)27(34)35/h4-12,14H,13H2,1-3H3,(H,31,33)(H,34,35). The summed E-state index contributed by atoms with van der Waals surface area (Å²) in [6.07, 6.45) is 1.44. The molecule has 190 valence electrons. The highest BCUT2D eigenvalue weighted by atomic mass is 35.5. The Bertz CT molecular complexity index is 1460. The fourth-order valence-corrected chi connectivity index (χ4v) is 4.35. The zero-order valence-corrected chi connectivity index (χ0v) is 21.7. The fraction of sp³-hybridized carbons (Fsp3) is 0.185. The molecule has 0 saturated carbocycles. The molecule has 37 heavy (non-hydrogen) atoms. The van der Waals surface area contributed by atoms with Crippen LogP contribution in [0.1, 0.15) is 57.5 Å². The lowest BCUT2D eigenvalue weighted by Gasteiger charge is -2.12. The van der Waals surface area contributed by atoms with Crippen molar-refractivity contribution >= 4 is 40.8 Å². The van der Waals surface area contributed by atoms with Crippen molar-refractivity contribution in [3.8, 4) is 17.0 Å². The van der Waals surface area contributed by atoms with Crippen LogP contribution in [0, 0.1) is 6.92 Å². The summed E-state index contributed by atoms with van der Waals surface area (Å²) in [5.41, 5.74) is 2.96. The summed E-state index contributed by atoms with van der Waals surface area (Å²) in [6.45, 7) is 5.80. The van der Waals surface area contributed by atoms with Gasteiger partial charge in [0.25, 0.3) is 5.91 Å². The number of hydrogen-bond donors (Lipinski definition) is 2. The Morgan fingerprint density at radius 1 is 1.11 bits per heavy atom. The molecule has 0 bridgehead atoms. The Kier molecular flexibility index (Phi) is 7.80. The maximum absolute atomic E-state index is 12.7. The molecule has 0 radical (unpaired) electrons. The molecular weight excluding hydrogens is 517 g/mol. The number of aromatic nitrogens is 2. The average Bonchev–Trinajstić information content (AvgIpc) is 3.26. The Labute approximate surface area is 223 Å². The smallest absolute Gasteiger partial charge is 0.335 e. The first-order chi connectivity index (χ1) is 17.7. The number of carbonyl (C=O) groups excluding carboxylic acids is 1. The molecule has 0 aliphatic rings. The van der Waals surface area contributed by atoms with Crippen LogP contribution in [-0.4, -0.2) is 27.1 Å². The number of hydrogen-bond acceptors (Lipinski definition) is 6. The van der Waals surface area contributed by atoms with Crippen LogP contribution in [0.25, 0.3) is 11.3 Å². The summed E-state index contributed by atoms with van der Waals surface area (Å²) >= 11 is 12.8. The van der Waals surface area contributed by atoms with E-state index in [1.54, 1.807) is 43.3 Å². The Balaban J connectivity index is 1.54. The van der Waals surface area contributed by atoms with Gasteiger partial charge in [0.05, 0.1) is 27.4 Å². The van der Waals surface area contributed by atoms with E-state index in [4.69, 9.17) is 37.6 Å². The monoisotopic (exact) mass is 539 g/mol. The molecule has 0 saturated heterocycles. The van der Waals surface area contributed by atoms with E-state index in [0.29, 0.717) is 49.6 Å².